The number of nitrogens with zero attached hydrogens (tertiary/aromatic N) is 1. The highest BCUT2D eigenvalue weighted by molar-refractivity contribution is 7.11. The monoisotopic (exact) mass is 306 g/mol. The molecule has 0 radical (unpaired) electrons. The number of alkyl halides is 3. The van der Waals surface area contributed by atoms with Crippen molar-refractivity contribution in [3.63, 3.8) is 0 Å². The molecule has 108 valence electrons. The molecule has 2 aromatic rings. The molecule has 8 heteroatoms. The Balaban J connectivity index is 2.31. The van der Waals surface area contributed by atoms with E-state index in [-0.39, 0.29) is 10.4 Å². The Morgan fingerprint density at radius 3 is 2.55 bits per heavy atom. The van der Waals surface area contributed by atoms with Gasteiger partial charge in [-0.3, -0.25) is 0 Å². The minimum atomic E-state index is -4.53. The summed E-state index contributed by atoms with van der Waals surface area (Å²) in [4.78, 5) is 3.40. The SMILES string of the molecule is COc1ccc(C(N)c2cnc(C(F)(F)F)s2)c(F)c1. The molecule has 0 amide bonds. The van der Waals surface area contributed by atoms with Gasteiger partial charge >= 0.3 is 6.18 Å². The highest BCUT2D eigenvalue weighted by Gasteiger charge is 2.35. The summed E-state index contributed by atoms with van der Waals surface area (Å²) in [6.45, 7) is 0. The maximum absolute atomic E-state index is 13.8. The average molecular weight is 306 g/mol. The molecule has 0 aliphatic heterocycles. The third-order valence-corrected chi connectivity index (χ3v) is 3.74. The van der Waals surface area contributed by atoms with Gasteiger partial charge in [0.1, 0.15) is 11.6 Å². The van der Waals surface area contributed by atoms with E-state index >= 15 is 0 Å². The van der Waals surface area contributed by atoms with Crippen LogP contribution < -0.4 is 10.5 Å². The summed E-state index contributed by atoms with van der Waals surface area (Å²) < 4.78 is 56.0. The summed E-state index contributed by atoms with van der Waals surface area (Å²) in [5, 5.41) is -1.00. The molecule has 0 saturated carbocycles. The fourth-order valence-electron chi connectivity index (χ4n) is 1.60. The average Bonchev–Trinajstić information content (AvgIpc) is 2.87. The molecule has 3 nitrogen and oxygen atoms in total. The molecular formula is C12H10F4N2OS. The van der Waals surface area contributed by atoms with Crippen LogP contribution >= 0.6 is 11.3 Å². The molecule has 1 aromatic carbocycles. The smallest absolute Gasteiger partial charge is 0.443 e. The maximum Gasteiger partial charge on any atom is 0.443 e. The van der Waals surface area contributed by atoms with Crippen LogP contribution in [0.25, 0.3) is 0 Å². The van der Waals surface area contributed by atoms with Crippen molar-refractivity contribution in [2.24, 2.45) is 5.73 Å². The molecule has 0 spiro atoms. The van der Waals surface area contributed by atoms with Gasteiger partial charge in [-0.15, -0.1) is 11.3 Å². The zero-order chi connectivity index (χ0) is 14.9. The van der Waals surface area contributed by atoms with Crippen molar-refractivity contribution in [2.75, 3.05) is 7.11 Å². The van der Waals surface area contributed by atoms with E-state index in [1.54, 1.807) is 0 Å². The van der Waals surface area contributed by atoms with E-state index in [2.05, 4.69) is 4.98 Å². The second-order valence-corrected chi connectivity index (χ2v) is 4.99. The summed E-state index contributed by atoms with van der Waals surface area (Å²) in [7, 11) is 1.38. The van der Waals surface area contributed by atoms with E-state index < -0.39 is 23.0 Å². The lowest BCUT2D eigenvalue weighted by molar-refractivity contribution is -0.137. The van der Waals surface area contributed by atoms with Gasteiger partial charge in [0.25, 0.3) is 0 Å². The number of nitrogens with two attached hydrogens (primary N) is 1. The first-order valence-electron chi connectivity index (χ1n) is 5.45. The highest BCUT2D eigenvalue weighted by atomic mass is 32.1. The van der Waals surface area contributed by atoms with E-state index in [0.29, 0.717) is 17.1 Å². The lowest BCUT2D eigenvalue weighted by atomic mass is 10.1. The van der Waals surface area contributed by atoms with Crippen LogP contribution in [0.5, 0.6) is 5.75 Å². The number of ether oxygens (including phenoxy) is 1. The molecule has 0 bridgehead atoms. The summed E-state index contributed by atoms with van der Waals surface area (Å²) in [6, 6.07) is 2.99. The lowest BCUT2D eigenvalue weighted by Gasteiger charge is -2.11. The van der Waals surface area contributed by atoms with Gasteiger partial charge in [-0.05, 0) is 6.07 Å². The van der Waals surface area contributed by atoms with Crippen molar-refractivity contribution >= 4 is 11.3 Å². The number of methoxy groups -OCH3 is 1. The third-order valence-electron chi connectivity index (χ3n) is 2.62. The number of rotatable bonds is 3. The highest BCUT2D eigenvalue weighted by Crippen LogP contribution is 2.36. The second kappa shape index (κ2) is 5.37. The molecule has 1 unspecified atom stereocenters. The van der Waals surface area contributed by atoms with Gasteiger partial charge in [-0.2, -0.15) is 13.2 Å². The van der Waals surface area contributed by atoms with E-state index in [9.17, 15) is 17.6 Å². The summed E-state index contributed by atoms with van der Waals surface area (Å²) in [5.41, 5.74) is 5.87. The van der Waals surface area contributed by atoms with E-state index in [1.807, 2.05) is 0 Å². The molecule has 0 aliphatic rings. The Bertz CT molecular complexity index is 612. The molecule has 1 aromatic heterocycles. The standard InChI is InChI=1S/C12H10F4N2OS/c1-19-6-2-3-7(8(13)4-6)10(17)9-5-18-11(20-9)12(14,15)16/h2-5,10H,17H2,1H3. The number of aromatic nitrogens is 1. The zero-order valence-electron chi connectivity index (χ0n) is 10.2. The van der Waals surface area contributed by atoms with Gasteiger partial charge in [-0.1, -0.05) is 6.07 Å². The first-order chi connectivity index (χ1) is 9.32. The van der Waals surface area contributed by atoms with Crippen LogP contribution in [0.1, 0.15) is 21.5 Å². The van der Waals surface area contributed by atoms with Gasteiger partial charge in [0.05, 0.1) is 13.2 Å². The molecule has 0 aliphatic carbocycles. The van der Waals surface area contributed by atoms with Crippen molar-refractivity contribution in [1.29, 1.82) is 0 Å². The van der Waals surface area contributed by atoms with Crippen LogP contribution in [0, 0.1) is 5.82 Å². The Morgan fingerprint density at radius 1 is 1.35 bits per heavy atom. The first-order valence-corrected chi connectivity index (χ1v) is 6.26. The van der Waals surface area contributed by atoms with E-state index in [0.717, 1.165) is 12.3 Å². The van der Waals surface area contributed by atoms with Crippen LogP contribution in [0.3, 0.4) is 0 Å². The topological polar surface area (TPSA) is 48.1 Å². The van der Waals surface area contributed by atoms with Crippen molar-refractivity contribution in [2.45, 2.75) is 12.2 Å². The third kappa shape index (κ3) is 2.91. The summed E-state index contributed by atoms with van der Waals surface area (Å²) >= 11 is 0.402. The van der Waals surface area contributed by atoms with Gasteiger partial charge in [-0.25, -0.2) is 9.37 Å². The normalized spacial score (nSPS) is 13.3. The zero-order valence-corrected chi connectivity index (χ0v) is 11.1. The summed E-state index contributed by atoms with van der Waals surface area (Å²) in [6.07, 6.45) is -3.51. The largest absolute Gasteiger partial charge is 0.497 e. The van der Waals surface area contributed by atoms with Crippen LogP contribution in [0.2, 0.25) is 0 Å². The predicted molar refractivity (Wildman–Crippen MR) is 66.1 cm³/mol. The number of benzene rings is 1. The van der Waals surface area contributed by atoms with Crippen LogP contribution in [-0.2, 0) is 6.18 Å². The minimum absolute atomic E-state index is 0.0863. The molecular weight excluding hydrogens is 296 g/mol. The number of thiazole rings is 1. The quantitative estimate of drug-likeness (QED) is 0.885. The maximum atomic E-state index is 13.8. The molecule has 2 rings (SSSR count). The fraction of sp³-hybridized carbons (Fsp3) is 0.250. The number of halogens is 4. The molecule has 20 heavy (non-hydrogen) atoms. The van der Waals surface area contributed by atoms with Gasteiger partial charge in [0.2, 0.25) is 0 Å². The Hall–Kier alpha value is -1.67. The second-order valence-electron chi connectivity index (χ2n) is 3.93. The molecule has 1 heterocycles. The van der Waals surface area contributed by atoms with Crippen molar-refractivity contribution in [3.05, 3.63) is 45.7 Å². The van der Waals surface area contributed by atoms with Crippen LogP contribution in [0.15, 0.2) is 24.4 Å². The summed E-state index contributed by atoms with van der Waals surface area (Å²) in [5.74, 6) is -0.336. The molecule has 1 atom stereocenters. The van der Waals surface area contributed by atoms with Crippen molar-refractivity contribution in [1.82, 2.24) is 4.98 Å². The van der Waals surface area contributed by atoms with Crippen molar-refractivity contribution < 1.29 is 22.3 Å². The van der Waals surface area contributed by atoms with E-state index in [4.69, 9.17) is 10.5 Å². The molecule has 0 saturated heterocycles. The predicted octanol–water partition coefficient (Wildman–Crippen LogP) is 3.36. The lowest BCUT2D eigenvalue weighted by Crippen LogP contribution is -2.12. The van der Waals surface area contributed by atoms with Crippen LogP contribution in [0.4, 0.5) is 17.6 Å². The van der Waals surface area contributed by atoms with E-state index in [1.165, 1.54) is 19.2 Å². The number of hydrogen-bond donors (Lipinski definition) is 1. The van der Waals surface area contributed by atoms with Gasteiger partial charge < -0.3 is 10.5 Å². The van der Waals surface area contributed by atoms with Crippen LogP contribution in [-0.4, -0.2) is 12.1 Å². The number of hydrogen-bond acceptors (Lipinski definition) is 4. The minimum Gasteiger partial charge on any atom is -0.497 e. The van der Waals surface area contributed by atoms with Gasteiger partial charge in [0.15, 0.2) is 5.01 Å². The fourth-order valence-corrected chi connectivity index (χ4v) is 2.41. The Kier molecular flexibility index (Phi) is 3.96. The molecule has 0 fully saturated rings. The first kappa shape index (κ1) is 14.7. The van der Waals surface area contributed by atoms with Crippen molar-refractivity contribution in [3.8, 4) is 5.75 Å². The Morgan fingerprint density at radius 2 is 2.05 bits per heavy atom. The van der Waals surface area contributed by atoms with Gasteiger partial charge in [0, 0.05) is 22.7 Å². The molecule has 2 N–H and O–H groups in total. The Labute approximate surface area is 116 Å².